The van der Waals surface area contributed by atoms with Gasteiger partial charge in [-0.05, 0) is 37.3 Å². The molecule has 1 saturated heterocycles. The molecular formula is C23H25F3N4OS. The summed E-state index contributed by atoms with van der Waals surface area (Å²) in [5.74, 6) is 2.09. The maximum Gasteiger partial charge on any atom is 0.266 e. The SMILES string of the molecule is COc1nc(C2(C)CCSCC2)cc2c(N[C@H](C)c3cccc(C(F)F)c3F)ncnc12. The lowest BCUT2D eigenvalue weighted by Gasteiger charge is -2.33. The molecule has 170 valence electrons. The first-order valence-corrected chi connectivity index (χ1v) is 11.6. The first kappa shape index (κ1) is 22.6. The van der Waals surface area contributed by atoms with Gasteiger partial charge in [-0.25, -0.2) is 28.1 Å². The standard InChI is InChI=1S/C23H25F3N4OS/c1-13(14-5-4-6-15(18(14)24)20(25)26)29-21-16-11-17(23(2)7-9-32-10-8-23)30-22(31-3)19(16)27-12-28-21/h4-6,11-13,20H,7-10H2,1-3H3,(H,27,28,29)/t13-/m1/s1. The maximum absolute atomic E-state index is 14.7. The van der Waals surface area contributed by atoms with Crippen LogP contribution in [0.15, 0.2) is 30.6 Å². The molecule has 3 heterocycles. The van der Waals surface area contributed by atoms with Crippen molar-refractivity contribution in [2.24, 2.45) is 0 Å². The number of pyridine rings is 1. The molecule has 0 aliphatic carbocycles. The number of rotatable bonds is 6. The number of hydrogen-bond donors (Lipinski definition) is 1. The summed E-state index contributed by atoms with van der Waals surface area (Å²) in [6, 6.07) is 5.40. The molecular weight excluding hydrogens is 437 g/mol. The molecule has 0 radical (unpaired) electrons. The number of ether oxygens (including phenoxy) is 1. The van der Waals surface area contributed by atoms with E-state index in [9.17, 15) is 13.2 Å². The highest BCUT2D eigenvalue weighted by molar-refractivity contribution is 7.99. The number of thioether (sulfide) groups is 1. The third-order valence-electron chi connectivity index (χ3n) is 6.11. The van der Waals surface area contributed by atoms with Crippen LogP contribution in [0, 0.1) is 5.82 Å². The molecule has 0 saturated carbocycles. The third kappa shape index (κ3) is 4.22. The van der Waals surface area contributed by atoms with Gasteiger partial charge in [0.15, 0.2) is 0 Å². The van der Waals surface area contributed by atoms with Crippen LogP contribution in [0.5, 0.6) is 5.88 Å². The maximum atomic E-state index is 14.7. The molecule has 2 aromatic heterocycles. The van der Waals surface area contributed by atoms with Crippen LogP contribution in [0.2, 0.25) is 0 Å². The quantitative estimate of drug-likeness (QED) is 0.480. The molecule has 32 heavy (non-hydrogen) atoms. The van der Waals surface area contributed by atoms with Crippen molar-refractivity contribution in [1.29, 1.82) is 0 Å². The zero-order valence-electron chi connectivity index (χ0n) is 18.2. The van der Waals surface area contributed by atoms with Crippen molar-refractivity contribution >= 4 is 28.5 Å². The van der Waals surface area contributed by atoms with E-state index >= 15 is 0 Å². The van der Waals surface area contributed by atoms with Gasteiger partial charge < -0.3 is 10.1 Å². The van der Waals surface area contributed by atoms with Crippen molar-refractivity contribution in [3.63, 3.8) is 0 Å². The molecule has 0 amide bonds. The Bertz CT molecular complexity index is 1120. The highest BCUT2D eigenvalue weighted by atomic mass is 32.2. The zero-order chi connectivity index (χ0) is 22.9. The fourth-order valence-electron chi connectivity index (χ4n) is 4.03. The second kappa shape index (κ2) is 9.13. The Balaban J connectivity index is 1.76. The van der Waals surface area contributed by atoms with Crippen LogP contribution in [0.1, 0.15) is 56.0 Å². The van der Waals surface area contributed by atoms with Gasteiger partial charge in [0.2, 0.25) is 5.88 Å². The van der Waals surface area contributed by atoms with E-state index < -0.39 is 23.8 Å². The van der Waals surface area contributed by atoms with Gasteiger partial charge in [-0.15, -0.1) is 0 Å². The number of alkyl halides is 2. The van der Waals surface area contributed by atoms with E-state index in [1.54, 1.807) is 14.0 Å². The highest BCUT2D eigenvalue weighted by Gasteiger charge is 2.32. The molecule has 1 aromatic carbocycles. The van der Waals surface area contributed by atoms with Crippen LogP contribution >= 0.6 is 11.8 Å². The van der Waals surface area contributed by atoms with Gasteiger partial charge in [-0.1, -0.05) is 25.1 Å². The second-order valence-electron chi connectivity index (χ2n) is 8.23. The fraction of sp³-hybridized carbons (Fsp3) is 0.435. The monoisotopic (exact) mass is 462 g/mol. The lowest BCUT2D eigenvalue weighted by Crippen LogP contribution is -2.28. The van der Waals surface area contributed by atoms with Crippen molar-refractivity contribution in [1.82, 2.24) is 15.0 Å². The lowest BCUT2D eigenvalue weighted by atomic mass is 9.80. The Morgan fingerprint density at radius 3 is 2.56 bits per heavy atom. The van der Waals surface area contributed by atoms with Crippen molar-refractivity contribution in [3.8, 4) is 5.88 Å². The number of nitrogens with one attached hydrogen (secondary N) is 1. The summed E-state index contributed by atoms with van der Waals surface area (Å²) in [7, 11) is 1.55. The van der Waals surface area contributed by atoms with Crippen LogP contribution in [0.25, 0.3) is 10.9 Å². The number of methoxy groups -OCH3 is 1. The third-order valence-corrected chi connectivity index (χ3v) is 7.10. The molecule has 4 rings (SSSR count). The predicted octanol–water partition coefficient (Wildman–Crippen LogP) is 6.07. The van der Waals surface area contributed by atoms with Crippen LogP contribution < -0.4 is 10.1 Å². The molecule has 1 fully saturated rings. The molecule has 3 aromatic rings. The highest BCUT2D eigenvalue weighted by Crippen LogP contribution is 2.40. The van der Waals surface area contributed by atoms with Crippen molar-refractivity contribution < 1.29 is 17.9 Å². The van der Waals surface area contributed by atoms with Gasteiger partial charge >= 0.3 is 0 Å². The minimum absolute atomic E-state index is 0.0941. The van der Waals surface area contributed by atoms with E-state index in [0.29, 0.717) is 22.6 Å². The largest absolute Gasteiger partial charge is 0.479 e. The van der Waals surface area contributed by atoms with E-state index in [1.165, 1.54) is 18.5 Å². The van der Waals surface area contributed by atoms with Gasteiger partial charge in [-0.3, -0.25) is 0 Å². The van der Waals surface area contributed by atoms with E-state index in [0.717, 1.165) is 36.1 Å². The van der Waals surface area contributed by atoms with E-state index in [1.807, 2.05) is 17.8 Å². The van der Waals surface area contributed by atoms with Crippen LogP contribution in [-0.2, 0) is 5.41 Å². The van der Waals surface area contributed by atoms with Crippen LogP contribution in [0.4, 0.5) is 19.0 Å². The van der Waals surface area contributed by atoms with E-state index in [4.69, 9.17) is 9.72 Å². The van der Waals surface area contributed by atoms with Gasteiger partial charge in [0.05, 0.1) is 29.8 Å². The van der Waals surface area contributed by atoms with Crippen molar-refractivity contribution in [3.05, 3.63) is 53.2 Å². The summed E-state index contributed by atoms with van der Waals surface area (Å²) >= 11 is 1.93. The van der Waals surface area contributed by atoms with Gasteiger partial charge in [-0.2, -0.15) is 11.8 Å². The van der Waals surface area contributed by atoms with Crippen LogP contribution in [-0.4, -0.2) is 33.6 Å². The van der Waals surface area contributed by atoms with E-state index in [-0.39, 0.29) is 11.0 Å². The topological polar surface area (TPSA) is 59.9 Å². The Kier molecular flexibility index (Phi) is 6.46. The molecule has 1 aliphatic heterocycles. The van der Waals surface area contributed by atoms with E-state index in [2.05, 4.69) is 22.2 Å². The average Bonchev–Trinajstić information content (AvgIpc) is 2.79. The fourth-order valence-corrected chi connectivity index (χ4v) is 5.43. The number of benzene rings is 1. The summed E-state index contributed by atoms with van der Waals surface area (Å²) in [4.78, 5) is 13.4. The van der Waals surface area contributed by atoms with Gasteiger partial charge in [0, 0.05) is 11.0 Å². The first-order chi connectivity index (χ1) is 15.3. The molecule has 1 N–H and O–H groups in total. The van der Waals surface area contributed by atoms with Crippen LogP contribution in [0.3, 0.4) is 0 Å². The normalized spacial score (nSPS) is 16.8. The lowest BCUT2D eigenvalue weighted by molar-refractivity contribution is 0.146. The minimum Gasteiger partial charge on any atom is -0.479 e. The Morgan fingerprint density at radius 1 is 1.16 bits per heavy atom. The molecule has 1 atom stereocenters. The summed E-state index contributed by atoms with van der Waals surface area (Å²) in [5, 5.41) is 3.88. The Morgan fingerprint density at radius 2 is 1.88 bits per heavy atom. The molecule has 1 aliphatic rings. The smallest absolute Gasteiger partial charge is 0.266 e. The average molecular weight is 463 g/mol. The number of nitrogens with zero attached hydrogens (tertiary/aromatic N) is 3. The number of hydrogen-bond acceptors (Lipinski definition) is 6. The van der Waals surface area contributed by atoms with Crippen molar-refractivity contribution in [2.75, 3.05) is 23.9 Å². The first-order valence-electron chi connectivity index (χ1n) is 10.4. The Labute approximate surface area is 189 Å². The zero-order valence-corrected chi connectivity index (χ0v) is 19.0. The summed E-state index contributed by atoms with van der Waals surface area (Å²) < 4.78 is 46.5. The molecule has 0 bridgehead atoms. The molecule has 9 heteroatoms. The minimum atomic E-state index is -2.88. The molecule has 0 unspecified atom stereocenters. The number of aromatic nitrogens is 3. The summed E-state index contributed by atoms with van der Waals surface area (Å²) in [5.41, 5.74) is 0.880. The molecule has 0 spiro atoms. The number of halogens is 3. The summed E-state index contributed by atoms with van der Waals surface area (Å²) in [6.45, 7) is 3.91. The second-order valence-corrected chi connectivity index (χ2v) is 9.45. The molecule has 5 nitrogen and oxygen atoms in total. The summed E-state index contributed by atoms with van der Waals surface area (Å²) in [6.07, 6.45) is 0.497. The van der Waals surface area contributed by atoms with Crippen molar-refractivity contribution in [2.45, 2.75) is 44.6 Å². The number of anilines is 1. The van der Waals surface area contributed by atoms with Gasteiger partial charge in [0.25, 0.3) is 6.43 Å². The van der Waals surface area contributed by atoms with Gasteiger partial charge in [0.1, 0.15) is 23.5 Å². The Hall–Kier alpha value is -2.55. The number of fused-ring (bicyclic) bond motifs is 1. The predicted molar refractivity (Wildman–Crippen MR) is 121 cm³/mol.